The van der Waals surface area contributed by atoms with Crippen molar-refractivity contribution >= 4 is 25.6 Å². The topological polar surface area (TPSA) is 89.9 Å². The van der Waals surface area contributed by atoms with Gasteiger partial charge in [-0.15, -0.1) is 9.24 Å². The van der Waals surface area contributed by atoms with Crippen molar-refractivity contribution in [3.8, 4) is 0 Å². The van der Waals surface area contributed by atoms with Gasteiger partial charge in [0.2, 0.25) is 0 Å². The van der Waals surface area contributed by atoms with Crippen molar-refractivity contribution in [2.45, 2.75) is 71.6 Å². The summed E-state index contributed by atoms with van der Waals surface area (Å²) in [6, 6.07) is 0. The minimum Gasteiger partial charge on any atom is -0.465 e. The van der Waals surface area contributed by atoms with Crippen molar-refractivity contribution in [3.63, 3.8) is 0 Å². The molecule has 140 valence electrons. The number of esters is 1. The maximum Gasteiger partial charge on any atom is 0.397 e. The van der Waals surface area contributed by atoms with Crippen LogP contribution in [0.2, 0.25) is 0 Å². The zero-order valence-corrected chi connectivity index (χ0v) is 16.4. The molecule has 1 unspecified atom stereocenters. The predicted octanol–water partition coefficient (Wildman–Crippen LogP) is 3.76. The molecule has 0 amide bonds. The number of carbonyl (C=O) groups is 1. The Hall–Kier alpha value is -0.230. The average molecular weight is 372 g/mol. The zero-order valence-electron chi connectivity index (χ0n) is 14.5. The zero-order chi connectivity index (χ0) is 18.0. The molecule has 0 heterocycles. The molecule has 0 aliphatic rings. The first-order chi connectivity index (χ1) is 10.9. The van der Waals surface area contributed by atoms with Gasteiger partial charge in [-0.2, -0.15) is 8.42 Å². The summed E-state index contributed by atoms with van der Waals surface area (Å²) in [5.74, 6) is -0.124. The van der Waals surface area contributed by atoms with E-state index in [0.29, 0.717) is 19.2 Å². The number of carbonyl (C=O) groups excluding carboxylic acids is 1. The lowest BCUT2D eigenvalue weighted by atomic mass is 10.1. The van der Waals surface area contributed by atoms with Crippen molar-refractivity contribution in [1.82, 2.24) is 0 Å². The van der Waals surface area contributed by atoms with Gasteiger partial charge in [0.25, 0.3) is 0 Å². The van der Waals surface area contributed by atoms with E-state index in [2.05, 4.69) is 27.3 Å². The van der Waals surface area contributed by atoms with Gasteiger partial charge < -0.3 is 4.74 Å². The van der Waals surface area contributed by atoms with E-state index >= 15 is 0 Å². The van der Waals surface area contributed by atoms with E-state index in [0.717, 1.165) is 25.7 Å². The third-order valence-corrected chi connectivity index (χ3v) is 3.71. The molecule has 8 heteroatoms. The van der Waals surface area contributed by atoms with Crippen molar-refractivity contribution in [1.29, 1.82) is 0 Å². The highest BCUT2D eigenvalue weighted by molar-refractivity contribution is 7.80. The van der Waals surface area contributed by atoms with Gasteiger partial charge >= 0.3 is 16.4 Å². The standard InChI is InChI=1S/C8H18O4S.C7H15O2P/c1-2-3-4-5-6-7-8-12-13(9,10)11;1-2-3-4-5-9-7(8)6-10/h2-8H2,1H3,(H,9,10,11);2-6,10H2,1H3. The van der Waals surface area contributed by atoms with Crippen LogP contribution in [0.5, 0.6) is 0 Å². The van der Waals surface area contributed by atoms with Crippen LogP contribution in [0.15, 0.2) is 0 Å². The SMILES string of the molecule is CCCCCCCCOS(=O)(=O)O.CCCCCOC(=O)CP. The number of unbranched alkanes of at least 4 members (excludes halogenated alkanes) is 7. The summed E-state index contributed by atoms with van der Waals surface area (Å²) in [7, 11) is -1.88. The molecule has 23 heavy (non-hydrogen) atoms. The molecular weight excluding hydrogens is 339 g/mol. The van der Waals surface area contributed by atoms with E-state index in [1.54, 1.807) is 0 Å². The van der Waals surface area contributed by atoms with Crippen LogP contribution in [-0.4, -0.2) is 38.3 Å². The predicted molar refractivity (Wildman–Crippen MR) is 95.9 cm³/mol. The van der Waals surface area contributed by atoms with Crippen molar-refractivity contribution in [2.24, 2.45) is 0 Å². The van der Waals surface area contributed by atoms with Gasteiger partial charge in [-0.1, -0.05) is 58.8 Å². The highest BCUT2D eigenvalue weighted by Crippen LogP contribution is 2.05. The third-order valence-electron chi connectivity index (χ3n) is 2.91. The molecule has 0 saturated heterocycles. The summed E-state index contributed by atoms with van der Waals surface area (Å²) < 4.78 is 37.4. The van der Waals surface area contributed by atoms with E-state index in [-0.39, 0.29) is 12.6 Å². The molecular formula is C15H33O6PS. The number of hydrogen-bond acceptors (Lipinski definition) is 5. The van der Waals surface area contributed by atoms with E-state index in [1.165, 1.54) is 25.7 Å². The quantitative estimate of drug-likeness (QED) is 0.229. The fraction of sp³-hybridized carbons (Fsp3) is 0.933. The lowest BCUT2D eigenvalue weighted by Crippen LogP contribution is -2.06. The molecule has 0 spiro atoms. The lowest BCUT2D eigenvalue weighted by molar-refractivity contribution is -0.140. The van der Waals surface area contributed by atoms with Crippen LogP contribution in [0.3, 0.4) is 0 Å². The molecule has 0 aromatic carbocycles. The van der Waals surface area contributed by atoms with Crippen molar-refractivity contribution in [3.05, 3.63) is 0 Å². The summed E-state index contributed by atoms with van der Waals surface area (Å²) in [5, 5.41) is 0. The van der Waals surface area contributed by atoms with Gasteiger partial charge in [0.1, 0.15) is 0 Å². The smallest absolute Gasteiger partial charge is 0.397 e. The van der Waals surface area contributed by atoms with Gasteiger partial charge in [-0.3, -0.25) is 9.35 Å². The summed E-state index contributed by atoms with van der Waals surface area (Å²) in [5.41, 5.74) is 0. The molecule has 0 saturated carbocycles. The van der Waals surface area contributed by atoms with Crippen LogP contribution < -0.4 is 0 Å². The van der Waals surface area contributed by atoms with Gasteiger partial charge in [0, 0.05) is 0 Å². The summed E-state index contributed by atoms with van der Waals surface area (Å²) in [6.07, 6.45) is 10.0. The molecule has 0 rings (SSSR count). The minimum absolute atomic E-state index is 0.0883. The van der Waals surface area contributed by atoms with Crippen molar-refractivity contribution < 1.29 is 26.7 Å². The van der Waals surface area contributed by atoms with Gasteiger partial charge in [0.15, 0.2) is 0 Å². The number of rotatable bonds is 13. The molecule has 1 N–H and O–H groups in total. The van der Waals surface area contributed by atoms with E-state index in [4.69, 9.17) is 9.29 Å². The van der Waals surface area contributed by atoms with E-state index < -0.39 is 10.4 Å². The normalized spacial score (nSPS) is 10.8. The Bertz CT molecular complexity index is 359. The molecule has 0 bridgehead atoms. The molecule has 0 fully saturated rings. The molecule has 0 radical (unpaired) electrons. The second-order valence-electron chi connectivity index (χ2n) is 5.15. The average Bonchev–Trinajstić information content (AvgIpc) is 2.50. The Labute approximate surface area is 143 Å². The van der Waals surface area contributed by atoms with Crippen LogP contribution >= 0.6 is 9.24 Å². The second kappa shape index (κ2) is 18.1. The molecule has 0 aliphatic heterocycles. The first-order valence-corrected chi connectivity index (χ1v) is 10.5. The minimum atomic E-state index is -4.22. The van der Waals surface area contributed by atoms with Crippen LogP contribution in [-0.2, 0) is 24.1 Å². The molecule has 0 aromatic heterocycles. The maximum absolute atomic E-state index is 10.5. The molecule has 6 nitrogen and oxygen atoms in total. The molecule has 0 aliphatic carbocycles. The third kappa shape index (κ3) is 26.9. The molecule has 1 atom stereocenters. The van der Waals surface area contributed by atoms with Gasteiger partial charge in [0.05, 0.1) is 19.4 Å². The fourth-order valence-electron chi connectivity index (χ4n) is 1.64. The van der Waals surface area contributed by atoms with E-state index in [9.17, 15) is 13.2 Å². The first-order valence-electron chi connectivity index (χ1n) is 8.34. The number of hydrogen-bond donors (Lipinski definition) is 1. The van der Waals surface area contributed by atoms with Gasteiger partial charge in [-0.05, 0) is 12.8 Å². The second-order valence-corrected chi connectivity index (χ2v) is 6.65. The summed E-state index contributed by atoms with van der Waals surface area (Å²) in [6.45, 7) is 4.94. The van der Waals surface area contributed by atoms with Crippen LogP contribution in [0.4, 0.5) is 0 Å². The highest BCUT2D eigenvalue weighted by Gasteiger charge is 2.02. The van der Waals surface area contributed by atoms with Gasteiger partial charge in [-0.25, -0.2) is 4.18 Å². The van der Waals surface area contributed by atoms with Crippen LogP contribution in [0.1, 0.15) is 71.6 Å². The monoisotopic (exact) mass is 372 g/mol. The van der Waals surface area contributed by atoms with E-state index in [1.807, 2.05) is 0 Å². The highest BCUT2D eigenvalue weighted by atomic mass is 32.3. The maximum atomic E-state index is 10.5. The summed E-state index contributed by atoms with van der Waals surface area (Å²) >= 11 is 0. The number of ether oxygens (including phenoxy) is 1. The fourth-order valence-corrected chi connectivity index (χ4v) is 2.09. The molecule has 0 aromatic rings. The Morgan fingerprint density at radius 1 is 0.913 bits per heavy atom. The Morgan fingerprint density at radius 3 is 1.91 bits per heavy atom. The largest absolute Gasteiger partial charge is 0.465 e. The van der Waals surface area contributed by atoms with Crippen LogP contribution in [0, 0.1) is 0 Å². The summed E-state index contributed by atoms with van der Waals surface area (Å²) in [4.78, 5) is 10.5. The van der Waals surface area contributed by atoms with Crippen molar-refractivity contribution in [2.75, 3.05) is 19.4 Å². The first kappa shape index (κ1) is 25.0. The Morgan fingerprint density at radius 2 is 1.39 bits per heavy atom. The van der Waals surface area contributed by atoms with Crippen LogP contribution in [0.25, 0.3) is 0 Å². The Kier molecular flexibility index (Phi) is 19.7. The lowest BCUT2D eigenvalue weighted by Gasteiger charge is -2.00. The Balaban J connectivity index is 0.